The van der Waals surface area contributed by atoms with Crippen molar-refractivity contribution in [3.8, 4) is 0 Å². The monoisotopic (exact) mass is 1770 g/mol. The summed E-state index contributed by atoms with van der Waals surface area (Å²) in [6.45, 7) is 101. The molecule has 17 heteroatoms. The number of carbonyl (C=O) groups excluding carboxylic acids is 8. The van der Waals surface area contributed by atoms with Gasteiger partial charge in [-0.05, 0) is 201 Å². The zero-order valence-corrected chi connectivity index (χ0v) is 91.1. The molecule has 0 radical (unpaired) electrons. The molecule has 4 unspecified atom stereocenters. The standard InChI is InChI=1S/C13H24O2.C12H25NO2.C12H22O2.2C12H24O2.3C11H22O2.C7H16.C6H14/c1-10(9-13(2,3)4)15-12(14)11-7-5-6-8-11;1-9(2)10(13)11(14)15-8-6-7-12(3,4)5;1-12(2,3)8-9-14-11(13)10-6-4-5-7-10;1-9(2)7-11(13)14-10(3)8-12(4,5)6;1-10(2)9-11(13)14-8-6-7-12(3,4)5;1-8(2)10(12)13-9(3)7-11(4,5)6;1-9(2)8-10(12)13-7-6-11(3,4)5;1-5-8-13-9-10(12)6-7-11(2,3)4;1-5-6-7(2,3)4;1-5-6(2,3)4/h10-11H,5-9H2,1-4H3;9-10H,6-8,13H2,1-5H3;10H,4-9H2,1-3H3;9-10H,7-8H2,1-6H3;10H,6-9H2,1-5H3;8-9H,7H2,1-6H3;9H,6-8H2,1-5H3;5-9H2,1-4H3;5-6H2,1-4H3;5H2,1-4H3. The van der Waals surface area contributed by atoms with Crippen LogP contribution in [0, 0.1) is 95.6 Å². The molecule has 0 spiro atoms. The molecule has 0 aliphatic heterocycles. The van der Waals surface area contributed by atoms with Crippen LogP contribution >= 0.6 is 0 Å². The summed E-state index contributed by atoms with van der Waals surface area (Å²) in [5.74, 6) is 1.38. The molecule has 0 aromatic carbocycles. The first-order valence-corrected chi connectivity index (χ1v) is 48.8. The van der Waals surface area contributed by atoms with Crippen LogP contribution in [0.25, 0.3) is 0 Å². The number of rotatable bonds is 34. The van der Waals surface area contributed by atoms with Gasteiger partial charge in [0.25, 0.3) is 0 Å². The molecule has 0 bridgehead atoms. The van der Waals surface area contributed by atoms with Gasteiger partial charge in [0.15, 0.2) is 5.78 Å². The largest absolute Gasteiger partial charge is 0.466 e. The second-order valence-electron chi connectivity index (χ2n) is 49.4. The fraction of sp³-hybridized carbons (Fsp3) is 0.925. The lowest BCUT2D eigenvalue weighted by molar-refractivity contribution is -0.154. The van der Waals surface area contributed by atoms with E-state index in [0.29, 0.717) is 105 Å². The minimum atomic E-state index is -0.486. The maximum absolute atomic E-state index is 11.7. The lowest BCUT2D eigenvalue weighted by atomic mass is 9.89. The number of nitrogens with two attached hydrogens (primary N) is 1. The van der Waals surface area contributed by atoms with Gasteiger partial charge in [-0.1, -0.05) is 336 Å². The Hall–Kier alpha value is -4.12. The van der Waals surface area contributed by atoms with Gasteiger partial charge in [-0.15, -0.1) is 0 Å². The lowest BCUT2D eigenvalue weighted by Crippen LogP contribution is -2.37. The van der Waals surface area contributed by atoms with Crippen LogP contribution in [0.2, 0.25) is 0 Å². The second-order valence-corrected chi connectivity index (χ2v) is 49.4. The average Bonchev–Trinajstić information content (AvgIpc) is 1.77. The van der Waals surface area contributed by atoms with Crippen molar-refractivity contribution in [1.82, 2.24) is 0 Å². The van der Waals surface area contributed by atoms with Crippen LogP contribution < -0.4 is 5.73 Å². The molecule has 2 rings (SSSR count). The van der Waals surface area contributed by atoms with Gasteiger partial charge >= 0.3 is 41.8 Å². The molecule has 124 heavy (non-hydrogen) atoms. The molecule has 2 N–H and O–H groups in total. The Labute approximate surface area is 770 Å². The highest BCUT2D eigenvalue weighted by molar-refractivity contribution is 5.79. The Morgan fingerprint density at radius 1 is 0.323 bits per heavy atom. The van der Waals surface area contributed by atoms with Gasteiger partial charge in [0.2, 0.25) is 0 Å². The summed E-state index contributed by atoms with van der Waals surface area (Å²) < 4.78 is 41.7. The predicted octanol–water partition coefficient (Wildman–Crippen LogP) is 29.9. The topological polar surface area (TPSA) is 236 Å². The highest BCUT2D eigenvalue weighted by Gasteiger charge is 2.29. The van der Waals surface area contributed by atoms with Crippen LogP contribution in [-0.2, 0) is 76.3 Å². The molecular formula is C107H215NO16. The molecular weight excluding hydrogens is 1560 g/mol. The Kier molecular flexibility index (Phi) is 77.1. The first-order valence-electron chi connectivity index (χ1n) is 48.8. The zero-order valence-electron chi connectivity index (χ0n) is 91.1. The summed E-state index contributed by atoms with van der Waals surface area (Å²) >= 11 is 0. The highest BCUT2D eigenvalue weighted by Crippen LogP contribution is 2.31. The van der Waals surface area contributed by atoms with Crippen molar-refractivity contribution >= 4 is 47.6 Å². The van der Waals surface area contributed by atoms with Crippen LogP contribution in [0.1, 0.15) is 485 Å². The SMILES string of the molecule is CC(C)(C)CCOC(=O)C1CCCC1.CC(C)C(N)C(=O)OCCCC(C)(C)C.CC(C)CC(=O)OC(C)CC(C)(C)C.CC(C)CC(=O)OCCC(C)(C)C.CC(C)CC(=O)OCCCC(C)(C)C.CC(CC(C)(C)C)OC(=O)C(C)C.CC(CC(C)(C)C)OC(=O)C1CCCC1.CCC(C)(C)C.CCCC(C)(C)C.CCCOCC(=O)CCC(C)(C)C. The maximum Gasteiger partial charge on any atom is 0.323 e. The minimum absolute atomic E-state index is 0.0231. The van der Waals surface area contributed by atoms with Crippen molar-refractivity contribution in [3.05, 3.63) is 0 Å². The summed E-state index contributed by atoms with van der Waals surface area (Å²) in [4.78, 5) is 90.6. The van der Waals surface area contributed by atoms with Crippen molar-refractivity contribution in [2.45, 2.75) is 510 Å². The van der Waals surface area contributed by atoms with E-state index in [1.54, 1.807) is 0 Å². The number of esters is 7. The molecule has 4 atom stereocenters. The molecule has 744 valence electrons. The second kappa shape index (κ2) is 70.7. The summed E-state index contributed by atoms with van der Waals surface area (Å²) in [5.41, 5.74) is 8.81. The number of Topliss-reactive ketones (excluding diaryl/α,β-unsaturated/α-hetero) is 1. The highest BCUT2D eigenvalue weighted by atomic mass is 16.6. The van der Waals surface area contributed by atoms with E-state index in [2.05, 4.69) is 222 Å². The molecule has 0 heterocycles. The third-order valence-corrected chi connectivity index (χ3v) is 18.9. The molecule has 2 aliphatic rings. The summed E-state index contributed by atoms with van der Waals surface area (Å²) in [5, 5.41) is 0. The van der Waals surface area contributed by atoms with Crippen molar-refractivity contribution in [3.63, 3.8) is 0 Å². The minimum Gasteiger partial charge on any atom is -0.466 e. The van der Waals surface area contributed by atoms with E-state index in [1.807, 2.05) is 96.9 Å². The van der Waals surface area contributed by atoms with E-state index < -0.39 is 6.04 Å². The van der Waals surface area contributed by atoms with Crippen molar-refractivity contribution in [2.24, 2.45) is 101 Å². The van der Waals surface area contributed by atoms with E-state index in [9.17, 15) is 38.4 Å². The number of ether oxygens (including phenoxy) is 8. The molecule has 0 aromatic heterocycles. The molecule has 17 nitrogen and oxygen atoms in total. The van der Waals surface area contributed by atoms with Gasteiger partial charge in [-0.2, -0.15) is 0 Å². The Bertz CT molecular complexity index is 2640. The smallest absolute Gasteiger partial charge is 0.323 e. The molecule has 2 aliphatic carbocycles. The van der Waals surface area contributed by atoms with Gasteiger partial charge in [-0.3, -0.25) is 38.4 Å². The van der Waals surface area contributed by atoms with Crippen molar-refractivity contribution in [1.29, 1.82) is 0 Å². The van der Waals surface area contributed by atoms with Crippen LogP contribution in [0.4, 0.5) is 0 Å². The van der Waals surface area contributed by atoms with Crippen molar-refractivity contribution < 1.29 is 76.3 Å². The van der Waals surface area contributed by atoms with Crippen LogP contribution in [0.3, 0.4) is 0 Å². The Morgan fingerprint density at radius 2 is 0.637 bits per heavy atom. The molecule has 2 saturated carbocycles. The fourth-order valence-electron chi connectivity index (χ4n) is 11.7. The van der Waals surface area contributed by atoms with Crippen LogP contribution in [-0.4, -0.2) is 112 Å². The first kappa shape index (κ1) is 135. The van der Waals surface area contributed by atoms with Gasteiger partial charge < -0.3 is 43.6 Å². The molecule has 0 saturated heterocycles. The maximum atomic E-state index is 11.7. The number of carbonyl (C=O) groups is 8. The van der Waals surface area contributed by atoms with E-state index >= 15 is 0 Å². The number of hydrogen-bond donors (Lipinski definition) is 1. The molecule has 0 amide bonds. The normalized spacial score (nSPS) is 14.4. The van der Waals surface area contributed by atoms with Crippen LogP contribution in [0.5, 0.6) is 0 Å². The molecule has 2 fully saturated rings. The van der Waals surface area contributed by atoms with Crippen LogP contribution in [0.15, 0.2) is 0 Å². The van der Waals surface area contributed by atoms with Crippen molar-refractivity contribution in [2.75, 3.05) is 39.6 Å². The Morgan fingerprint density at radius 3 is 0.935 bits per heavy atom. The average molecular weight is 1770 g/mol. The van der Waals surface area contributed by atoms with Gasteiger partial charge in [0.05, 0.1) is 62.5 Å². The van der Waals surface area contributed by atoms with Gasteiger partial charge in [-0.25, -0.2) is 0 Å². The third-order valence-electron chi connectivity index (χ3n) is 18.9. The molecule has 0 aromatic rings. The van der Waals surface area contributed by atoms with E-state index in [1.165, 1.54) is 44.9 Å². The summed E-state index contributed by atoms with van der Waals surface area (Å²) in [7, 11) is 0. The third kappa shape index (κ3) is 118. The van der Waals surface area contributed by atoms with E-state index in [0.717, 1.165) is 96.3 Å². The van der Waals surface area contributed by atoms with Gasteiger partial charge in [0, 0.05) is 32.3 Å². The first-order chi connectivity index (χ1) is 55.7. The zero-order chi connectivity index (χ0) is 99.3. The number of ketones is 1. The quantitative estimate of drug-likeness (QED) is 0.0358. The fourth-order valence-corrected chi connectivity index (χ4v) is 11.7. The summed E-state index contributed by atoms with van der Waals surface area (Å²) in [6, 6.07) is -0.486. The number of hydrogen-bond acceptors (Lipinski definition) is 17. The summed E-state index contributed by atoms with van der Waals surface area (Å²) in [6.07, 6.45) is 25.7. The predicted molar refractivity (Wildman–Crippen MR) is 527 cm³/mol. The van der Waals surface area contributed by atoms with E-state index in [4.69, 9.17) is 43.6 Å². The lowest BCUT2D eigenvalue weighted by Gasteiger charge is -2.24. The van der Waals surface area contributed by atoms with Gasteiger partial charge in [0.1, 0.15) is 12.6 Å². The Balaban J connectivity index is -0.000000203. The van der Waals surface area contributed by atoms with E-state index in [-0.39, 0.29) is 122 Å².